The summed E-state index contributed by atoms with van der Waals surface area (Å²) < 4.78 is 15.2. The first-order valence-corrected chi connectivity index (χ1v) is 12.7. The molecule has 0 spiro atoms. The van der Waals surface area contributed by atoms with Crippen LogP contribution >= 0.6 is 0 Å². The second-order valence-electron chi connectivity index (χ2n) is 9.96. The molecule has 0 radical (unpaired) electrons. The third-order valence-electron chi connectivity index (χ3n) is 7.82. The smallest absolute Gasteiger partial charge is 0.126 e. The quantitative estimate of drug-likeness (QED) is 0.393. The normalized spacial score (nSPS) is 23.8. The van der Waals surface area contributed by atoms with Crippen molar-refractivity contribution >= 4 is 6.08 Å². The van der Waals surface area contributed by atoms with Crippen LogP contribution in [0.5, 0.6) is 0 Å². The van der Waals surface area contributed by atoms with Crippen molar-refractivity contribution < 1.29 is 4.39 Å². The molecule has 2 aliphatic rings. The lowest BCUT2D eigenvalue weighted by Gasteiger charge is -2.30. The molecule has 166 valence electrons. The van der Waals surface area contributed by atoms with Gasteiger partial charge >= 0.3 is 0 Å². The molecule has 31 heavy (non-hydrogen) atoms. The van der Waals surface area contributed by atoms with Crippen LogP contribution < -0.4 is 0 Å². The van der Waals surface area contributed by atoms with Gasteiger partial charge in [0.25, 0.3) is 0 Å². The highest BCUT2D eigenvalue weighted by Gasteiger charge is 2.25. The molecule has 1 heteroatoms. The van der Waals surface area contributed by atoms with Crippen LogP contribution in [0.3, 0.4) is 0 Å². The lowest BCUT2D eigenvalue weighted by molar-refractivity contribution is 0.302. The number of fused-ring (bicyclic) bond motifs is 1. The second-order valence-corrected chi connectivity index (χ2v) is 9.96. The zero-order valence-corrected chi connectivity index (χ0v) is 19.5. The van der Waals surface area contributed by atoms with Crippen molar-refractivity contribution in [1.29, 1.82) is 0 Å². The molecule has 2 aromatic rings. The van der Waals surface area contributed by atoms with E-state index in [2.05, 4.69) is 56.3 Å². The molecule has 0 heterocycles. The van der Waals surface area contributed by atoms with Crippen LogP contribution in [-0.2, 0) is 12.8 Å². The number of allylic oxidation sites excluding steroid dienone is 1. The third kappa shape index (κ3) is 5.48. The average Bonchev–Trinajstić information content (AvgIpc) is 2.79. The van der Waals surface area contributed by atoms with Crippen molar-refractivity contribution in [3.05, 3.63) is 76.1 Å². The summed E-state index contributed by atoms with van der Waals surface area (Å²) in [6, 6.07) is 13.0. The molecular formula is C30H39F. The number of benzene rings is 2. The number of unbranched alkanes of at least 4 members (excludes halogenated alkanes) is 2. The van der Waals surface area contributed by atoms with Crippen LogP contribution in [0, 0.1) is 11.7 Å². The lowest BCUT2D eigenvalue weighted by atomic mass is 9.76. The van der Waals surface area contributed by atoms with E-state index in [0.717, 1.165) is 30.7 Å². The Morgan fingerprint density at radius 3 is 2.48 bits per heavy atom. The molecule has 1 unspecified atom stereocenters. The molecule has 0 nitrogen and oxygen atoms in total. The van der Waals surface area contributed by atoms with E-state index in [9.17, 15) is 0 Å². The van der Waals surface area contributed by atoms with Gasteiger partial charge in [-0.25, -0.2) is 4.39 Å². The summed E-state index contributed by atoms with van der Waals surface area (Å²) in [5, 5.41) is 0. The minimum absolute atomic E-state index is 0.0292. The maximum absolute atomic E-state index is 15.2. The number of halogens is 1. The highest BCUT2D eigenvalue weighted by Crippen LogP contribution is 2.40. The van der Waals surface area contributed by atoms with Crippen LogP contribution in [0.25, 0.3) is 6.08 Å². The van der Waals surface area contributed by atoms with Gasteiger partial charge in [0.05, 0.1) is 0 Å². The third-order valence-corrected chi connectivity index (χ3v) is 7.82. The van der Waals surface area contributed by atoms with E-state index in [0.29, 0.717) is 11.8 Å². The van der Waals surface area contributed by atoms with Crippen molar-refractivity contribution in [2.75, 3.05) is 0 Å². The van der Waals surface area contributed by atoms with E-state index < -0.39 is 0 Å². The van der Waals surface area contributed by atoms with Gasteiger partial charge < -0.3 is 0 Å². The van der Waals surface area contributed by atoms with Crippen LogP contribution in [0.4, 0.5) is 4.39 Å². The fraction of sp³-hybridized carbons (Fsp3) is 0.533. The van der Waals surface area contributed by atoms with Crippen LogP contribution in [-0.4, -0.2) is 0 Å². The van der Waals surface area contributed by atoms with Gasteiger partial charge in [0, 0.05) is 0 Å². The van der Waals surface area contributed by atoms with E-state index in [1.807, 2.05) is 6.07 Å². The fourth-order valence-electron chi connectivity index (χ4n) is 5.93. The largest absolute Gasteiger partial charge is 0.207 e. The monoisotopic (exact) mass is 418 g/mol. The summed E-state index contributed by atoms with van der Waals surface area (Å²) in [6.45, 7) is 4.34. The van der Waals surface area contributed by atoms with Crippen molar-refractivity contribution in [3.8, 4) is 0 Å². The number of rotatable bonds is 7. The zero-order valence-electron chi connectivity index (χ0n) is 19.5. The van der Waals surface area contributed by atoms with Gasteiger partial charge in [-0.3, -0.25) is 0 Å². The molecule has 4 rings (SSSR count). The maximum atomic E-state index is 15.2. The lowest BCUT2D eigenvalue weighted by Crippen LogP contribution is -2.16. The van der Waals surface area contributed by atoms with Crippen molar-refractivity contribution in [2.45, 2.75) is 96.3 Å². The van der Waals surface area contributed by atoms with Gasteiger partial charge in [-0.05, 0) is 104 Å². The maximum Gasteiger partial charge on any atom is 0.126 e. The number of hydrogen-bond donors (Lipinski definition) is 0. The summed E-state index contributed by atoms with van der Waals surface area (Å²) in [7, 11) is 0. The van der Waals surface area contributed by atoms with E-state index in [-0.39, 0.29) is 5.82 Å². The van der Waals surface area contributed by atoms with Crippen LogP contribution in [0.1, 0.15) is 111 Å². The Morgan fingerprint density at radius 1 is 0.903 bits per heavy atom. The van der Waals surface area contributed by atoms with Crippen molar-refractivity contribution in [2.24, 2.45) is 5.92 Å². The molecule has 0 aromatic heterocycles. The Morgan fingerprint density at radius 2 is 1.74 bits per heavy atom. The number of aryl methyl sites for hydroxylation is 1. The molecule has 0 N–H and O–H groups in total. The summed E-state index contributed by atoms with van der Waals surface area (Å²) in [6.07, 6.45) is 17.9. The first kappa shape index (κ1) is 22.3. The molecule has 1 atom stereocenters. The minimum Gasteiger partial charge on any atom is -0.207 e. The first-order chi connectivity index (χ1) is 15.2. The summed E-state index contributed by atoms with van der Waals surface area (Å²) in [4.78, 5) is 0. The molecule has 1 fully saturated rings. The van der Waals surface area contributed by atoms with Crippen molar-refractivity contribution in [1.82, 2.24) is 0 Å². The Balaban J connectivity index is 1.38. The zero-order chi connectivity index (χ0) is 21.6. The van der Waals surface area contributed by atoms with Gasteiger partial charge in [-0.2, -0.15) is 0 Å². The van der Waals surface area contributed by atoms with Gasteiger partial charge in [0.2, 0.25) is 0 Å². The van der Waals surface area contributed by atoms with Crippen LogP contribution in [0.15, 0.2) is 42.5 Å². The molecule has 0 saturated heterocycles. The van der Waals surface area contributed by atoms with E-state index in [1.165, 1.54) is 73.6 Å². The highest BCUT2D eigenvalue weighted by atomic mass is 19.1. The summed E-state index contributed by atoms with van der Waals surface area (Å²) in [5.41, 5.74) is 6.28. The van der Waals surface area contributed by atoms with E-state index >= 15 is 4.39 Å². The van der Waals surface area contributed by atoms with Crippen molar-refractivity contribution in [3.63, 3.8) is 0 Å². The SMILES string of the molecule is C/C=C/c1ccc2c(c1)CCC(c1ccc(C3CCC(CCCCC)CC3)cc1F)C2. The fourth-order valence-corrected chi connectivity index (χ4v) is 5.93. The van der Waals surface area contributed by atoms with E-state index in [1.54, 1.807) is 0 Å². The summed E-state index contributed by atoms with van der Waals surface area (Å²) in [5.74, 6) is 1.80. The van der Waals surface area contributed by atoms with Gasteiger partial charge in [-0.1, -0.05) is 75.1 Å². The van der Waals surface area contributed by atoms with Crippen LogP contribution in [0.2, 0.25) is 0 Å². The Kier molecular flexibility index (Phi) is 7.64. The molecule has 2 aromatic carbocycles. The number of hydrogen-bond acceptors (Lipinski definition) is 0. The Hall–Kier alpha value is -1.89. The molecule has 0 bridgehead atoms. The second kappa shape index (κ2) is 10.6. The minimum atomic E-state index is 0.0292. The molecule has 0 aliphatic heterocycles. The molecule has 1 saturated carbocycles. The Labute approximate surface area is 189 Å². The van der Waals surface area contributed by atoms with Gasteiger partial charge in [-0.15, -0.1) is 0 Å². The average molecular weight is 419 g/mol. The topological polar surface area (TPSA) is 0 Å². The predicted molar refractivity (Wildman–Crippen MR) is 131 cm³/mol. The molecular weight excluding hydrogens is 379 g/mol. The van der Waals surface area contributed by atoms with Gasteiger partial charge in [0.1, 0.15) is 5.82 Å². The van der Waals surface area contributed by atoms with Gasteiger partial charge in [0.15, 0.2) is 0 Å². The van der Waals surface area contributed by atoms with E-state index in [4.69, 9.17) is 0 Å². The first-order valence-electron chi connectivity index (χ1n) is 12.7. The molecule has 2 aliphatic carbocycles. The predicted octanol–water partition coefficient (Wildman–Crippen LogP) is 8.99. The summed E-state index contributed by atoms with van der Waals surface area (Å²) >= 11 is 0. The highest BCUT2D eigenvalue weighted by molar-refractivity contribution is 5.52. The molecule has 0 amide bonds. The Bertz CT molecular complexity index is 885. The standard InChI is InChI=1S/C30H39F/c1-3-5-6-8-22-9-12-24(13-10-22)27-17-18-29(30(31)21-27)28-16-15-25-19-23(7-4-2)11-14-26(25)20-28/h4,7,11,14,17-19,21-22,24,28H,3,5-6,8-10,12-13,15-16,20H2,1-2H3/b7-4+.